The normalized spacial score (nSPS) is 11.2. The predicted molar refractivity (Wildman–Crippen MR) is 75.8 cm³/mol. The molecule has 5 nitrogen and oxygen atoms in total. The van der Waals surface area contributed by atoms with Gasteiger partial charge in [0.05, 0.1) is 11.9 Å². The molecule has 0 bridgehead atoms. The number of benzene rings is 1. The zero-order valence-electron chi connectivity index (χ0n) is 12.4. The van der Waals surface area contributed by atoms with Crippen LogP contribution < -0.4 is 10.1 Å². The maximum atomic E-state index is 12.2. The van der Waals surface area contributed by atoms with E-state index in [1.54, 1.807) is 6.92 Å². The van der Waals surface area contributed by atoms with Crippen molar-refractivity contribution in [2.24, 2.45) is 0 Å². The van der Waals surface area contributed by atoms with E-state index in [2.05, 4.69) is 20.0 Å². The van der Waals surface area contributed by atoms with E-state index in [-0.39, 0.29) is 18.0 Å². The average Bonchev–Trinajstić information content (AvgIpc) is 2.46. The van der Waals surface area contributed by atoms with E-state index in [9.17, 15) is 18.0 Å². The molecule has 0 fully saturated rings. The first-order valence-corrected chi connectivity index (χ1v) is 6.67. The molecule has 0 saturated heterocycles. The summed E-state index contributed by atoms with van der Waals surface area (Å²) < 4.78 is 40.5. The Bertz CT molecular complexity index is 717. The molecule has 1 aromatic carbocycles. The van der Waals surface area contributed by atoms with Crippen molar-refractivity contribution < 1.29 is 22.7 Å². The van der Waals surface area contributed by atoms with Crippen molar-refractivity contribution in [1.29, 1.82) is 0 Å². The third-order valence-corrected chi connectivity index (χ3v) is 2.91. The zero-order chi connectivity index (χ0) is 17.0. The van der Waals surface area contributed by atoms with Crippen molar-refractivity contribution in [2.75, 3.05) is 0 Å². The second-order valence-electron chi connectivity index (χ2n) is 4.88. The number of carbonyl (C=O) groups is 1. The van der Waals surface area contributed by atoms with Crippen molar-refractivity contribution in [1.82, 2.24) is 15.3 Å². The van der Waals surface area contributed by atoms with Gasteiger partial charge < -0.3 is 10.1 Å². The Balaban J connectivity index is 2.01. The molecule has 0 saturated carbocycles. The Hall–Kier alpha value is -2.64. The van der Waals surface area contributed by atoms with Crippen LogP contribution in [0.3, 0.4) is 0 Å². The van der Waals surface area contributed by atoms with Crippen LogP contribution in [0.2, 0.25) is 0 Å². The topological polar surface area (TPSA) is 64.1 Å². The molecule has 0 unspecified atom stereocenters. The monoisotopic (exact) mass is 325 g/mol. The Labute approximate surface area is 130 Å². The molecule has 122 valence electrons. The summed E-state index contributed by atoms with van der Waals surface area (Å²) in [5.74, 6) is -0.674. The van der Waals surface area contributed by atoms with E-state index in [1.165, 1.54) is 37.5 Å². The van der Waals surface area contributed by atoms with Crippen molar-refractivity contribution in [3.8, 4) is 5.75 Å². The fraction of sp³-hybridized carbons (Fsp3) is 0.267. The fourth-order valence-corrected chi connectivity index (χ4v) is 1.91. The lowest BCUT2D eigenvalue weighted by molar-refractivity contribution is -0.274. The van der Waals surface area contributed by atoms with Gasteiger partial charge in [0.1, 0.15) is 11.4 Å². The first-order chi connectivity index (χ1) is 10.7. The lowest BCUT2D eigenvalue weighted by Crippen LogP contribution is -2.24. The molecule has 0 spiro atoms. The summed E-state index contributed by atoms with van der Waals surface area (Å²) in [5, 5.41) is 2.63. The molecule has 2 rings (SSSR count). The highest BCUT2D eigenvalue weighted by Gasteiger charge is 2.31. The van der Waals surface area contributed by atoms with Gasteiger partial charge in [0.25, 0.3) is 5.91 Å². The van der Waals surface area contributed by atoms with Crippen LogP contribution in [0.4, 0.5) is 13.2 Å². The molecule has 0 aliphatic carbocycles. The summed E-state index contributed by atoms with van der Waals surface area (Å²) in [4.78, 5) is 19.8. The smallest absolute Gasteiger partial charge is 0.406 e. The van der Waals surface area contributed by atoms with Crippen molar-refractivity contribution in [2.45, 2.75) is 26.8 Å². The summed E-state index contributed by atoms with van der Waals surface area (Å²) in [7, 11) is 0. The van der Waals surface area contributed by atoms with E-state index >= 15 is 0 Å². The van der Waals surface area contributed by atoms with Gasteiger partial charge in [-0.3, -0.25) is 9.78 Å². The van der Waals surface area contributed by atoms with E-state index < -0.39 is 12.3 Å². The second-order valence-corrected chi connectivity index (χ2v) is 4.88. The van der Waals surface area contributed by atoms with Crippen molar-refractivity contribution in [3.05, 3.63) is 53.1 Å². The largest absolute Gasteiger partial charge is 0.573 e. The summed E-state index contributed by atoms with van der Waals surface area (Å²) >= 11 is 0. The van der Waals surface area contributed by atoms with Crippen LogP contribution in [0, 0.1) is 13.8 Å². The molecule has 0 radical (unpaired) electrons. The van der Waals surface area contributed by atoms with Gasteiger partial charge in [-0.2, -0.15) is 0 Å². The molecule has 23 heavy (non-hydrogen) atoms. The van der Waals surface area contributed by atoms with Crippen molar-refractivity contribution >= 4 is 5.91 Å². The minimum atomic E-state index is -4.73. The van der Waals surface area contributed by atoms with Gasteiger partial charge in [-0.25, -0.2) is 4.98 Å². The Morgan fingerprint density at radius 1 is 1.26 bits per heavy atom. The van der Waals surface area contributed by atoms with E-state index in [1.807, 2.05) is 0 Å². The number of ether oxygens (including phenoxy) is 1. The Morgan fingerprint density at radius 2 is 2.00 bits per heavy atom. The van der Waals surface area contributed by atoms with Gasteiger partial charge in [0, 0.05) is 12.7 Å². The number of rotatable bonds is 4. The maximum absolute atomic E-state index is 12.2. The van der Waals surface area contributed by atoms with Crippen LogP contribution in [0.5, 0.6) is 5.75 Å². The van der Waals surface area contributed by atoms with Gasteiger partial charge in [0.2, 0.25) is 0 Å². The average molecular weight is 325 g/mol. The highest BCUT2D eigenvalue weighted by Crippen LogP contribution is 2.26. The number of carbonyl (C=O) groups excluding carboxylic acids is 1. The Morgan fingerprint density at radius 3 is 2.61 bits per heavy atom. The number of nitrogens with one attached hydrogen (secondary N) is 1. The molecule has 2 aromatic rings. The lowest BCUT2D eigenvalue weighted by Gasteiger charge is -2.12. The van der Waals surface area contributed by atoms with Gasteiger partial charge in [0.15, 0.2) is 0 Å². The molecule has 8 heteroatoms. The number of hydrogen-bond acceptors (Lipinski definition) is 4. The summed E-state index contributed by atoms with van der Waals surface area (Å²) in [6.07, 6.45) is -1.86. The van der Waals surface area contributed by atoms with Gasteiger partial charge in [-0.1, -0.05) is 12.1 Å². The van der Waals surface area contributed by atoms with Crippen LogP contribution in [0.1, 0.15) is 27.3 Å². The van der Waals surface area contributed by atoms with E-state index in [0.717, 1.165) is 0 Å². The molecule has 1 N–H and O–H groups in total. The quantitative estimate of drug-likeness (QED) is 0.939. The SMILES string of the molecule is Cc1cncc(C(=O)NCc2ccc(OC(F)(F)F)c(C)c2)n1. The maximum Gasteiger partial charge on any atom is 0.573 e. The molecule has 0 aliphatic rings. The predicted octanol–water partition coefficient (Wildman–Crippen LogP) is 2.92. The number of alkyl halides is 3. The number of nitrogens with zero attached hydrogens (tertiary/aromatic N) is 2. The lowest BCUT2D eigenvalue weighted by atomic mass is 10.1. The van der Waals surface area contributed by atoms with Gasteiger partial charge in [-0.15, -0.1) is 13.2 Å². The first-order valence-electron chi connectivity index (χ1n) is 6.67. The minimum absolute atomic E-state index is 0.154. The molecular weight excluding hydrogens is 311 g/mol. The standard InChI is InChI=1S/C15H14F3N3O2/c1-9-5-11(3-4-13(9)23-15(16,17)18)7-20-14(22)12-8-19-6-10(2)21-12/h3-6,8H,7H2,1-2H3,(H,20,22). The first kappa shape index (κ1) is 16.7. The summed E-state index contributed by atoms with van der Waals surface area (Å²) in [5.41, 5.74) is 1.76. The zero-order valence-corrected chi connectivity index (χ0v) is 12.4. The number of amides is 1. The molecule has 1 amide bonds. The number of aryl methyl sites for hydroxylation is 2. The van der Waals surface area contributed by atoms with E-state index in [4.69, 9.17) is 0 Å². The fourth-order valence-electron chi connectivity index (χ4n) is 1.91. The number of hydrogen-bond donors (Lipinski definition) is 1. The highest BCUT2D eigenvalue weighted by molar-refractivity contribution is 5.91. The van der Waals surface area contributed by atoms with Crippen LogP contribution in [0.15, 0.2) is 30.6 Å². The molecular formula is C15H14F3N3O2. The van der Waals surface area contributed by atoms with Crippen molar-refractivity contribution in [3.63, 3.8) is 0 Å². The molecule has 0 atom stereocenters. The molecule has 0 aliphatic heterocycles. The Kier molecular flexibility index (Phi) is 4.83. The summed E-state index contributed by atoms with van der Waals surface area (Å²) in [6.45, 7) is 3.37. The van der Waals surface area contributed by atoms with Crippen LogP contribution >= 0.6 is 0 Å². The molecule has 1 aromatic heterocycles. The van der Waals surface area contributed by atoms with Crippen LogP contribution in [-0.4, -0.2) is 22.2 Å². The van der Waals surface area contributed by atoms with Crippen LogP contribution in [-0.2, 0) is 6.54 Å². The minimum Gasteiger partial charge on any atom is -0.406 e. The van der Waals surface area contributed by atoms with Gasteiger partial charge in [-0.05, 0) is 31.0 Å². The highest BCUT2D eigenvalue weighted by atomic mass is 19.4. The van der Waals surface area contributed by atoms with Crippen LogP contribution in [0.25, 0.3) is 0 Å². The second kappa shape index (κ2) is 6.64. The third kappa shape index (κ3) is 4.94. The number of halogens is 3. The third-order valence-electron chi connectivity index (χ3n) is 2.91. The summed E-state index contributed by atoms with van der Waals surface area (Å²) in [6, 6.07) is 4.19. The van der Waals surface area contributed by atoms with E-state index in [0.29, 0.717) is 16.8 Å². The van der Waals surface area contributed by atoms with Gasteiger partial charge >= 0.3 is 6.36 Å². The molecule has 1 heterocycles. The number of aromatic nitrogens is 2.